The molecule has 128 valence electrons. The molecule has 2 fully saturated rings. The van der Waals surface area contributed by atoms with Gasteiger partial charge in [-0.1, -0.05) is 30.3 Å². The maximum absolute atomic E-state index is 12.6. The van der Waals surface area contributed by atoms with E-state index in [0.717, 1.165) is 29.1 Å². The van der Waals surface area contributed by atoms with Crippen molar-refractivity contribution in [1.29, 1.82) is 0 Å². The molecular weight excluding hydrogens is 322 g/mol. The molecule has 5 heteroatoms. The van der Waals surface area contributed by atoms with Gasteiger partial charge in [0.2, 0.25) is 0 Å². The number of ether oxygens (including phenoxy) is 2. The minimum atomic E-state index is -0.126. The van der Waals surface area contributed by atoms with Gasteiger partial charge in [-0.3, -0.25) is 4.79 Å². The Labute approximate surface area is 147 Å². The van der Waals surface area contributed by atoms with Gasteiger partial charge >= 0.3 is 0 Å². The van der Waals surface area contributed by atoms with E-state index < -0.39 is 0 Å². The molecule has 0 bridgehead atoms. The first-order valence-electron chi connectivity index (χ1n) is 8.77. The van der Waals surface area contributed by atoms with Crippen molar-refractivity contribution >= 4 is 22.6 Å². The maximum atomic E-state index is 12.6. The summed E-state index contributed by atoms with van der Waals surface area (Å²) in [6, 6.07) is 9.98. The molecule has 24 heavy (non-hydrogen) atoms. The zero-order chi connectivity index (χ0) is 16.4. The van der Waals surface area contributed by atoms with Crippen molar-refractivity contribution in [1.82, 2.24) is 5.32 Å². The summed E-state index contributed by atoms with van der Waals surface area (Å²) in [4.78, 5) is 13.6. The lowest BCUT2D eigenvalue weighted by atomic mass is 9.78. The molecule has 2 aliphatic heterocycles. The van der Waals surface area contributed by atoms with E-state index in [9.17, 15) is 4.79 Å². The van der Waals surface area contributed by atoms with Crippen molar-refractivity contribution in [3.8, 4) is 0 Å². The van der Waals surface area contributed by atoms with Gasteiger partial charge in [-0.15, -0.1) is 11.8 Å². The fourth-order valence-corrected chi connectivity index (χ4v) is 4.61. The standard InChI is InChI=1S/C19H23NO3S/c21-18(20-13-15-7-10-19(23-15)8-4-9-19)16-17(24-12-11-22-16)14-5-2-1-3-6-14/h1-3,5-6,15H,4,7-13H2,(H,20,21). The normalized spacial score (nSPS) is 25.2. The number of thioether (sulfide) groups is 1. The Bertz CT molecular complexity index is 639. The molecule has 4 rings (SSSR count). The average Bonchev–Trinajstić information content (AvgIpc) is 3.06. The van der Waals surface area contributed by atoms with E-state index in [4.69, 9.17) is 9.47 Å². The van der Waals surface area contributed by atoms with Gasteiger partial charge in [0.05, 0.1) is 23.2 Å². The average molecular weight is 345 g/mol. The molecule has 0 aromatic heterocycles. The van der Waals surface area contributed by atoms with Gasteiger partial charge in [-0.2, -0.15) is 0 Å². The van der Waals surface area contributed by atoms with E-state index in [-0.39, 0.29) is 17.6 Å². The number of hydrogen-bond donors (Lipinski definition) is 1. The topological polar surface area (TPSA) is 47.6 Å². The fraction of sp³-hybridized carbons (Fsp3) is 0.526. The quantitative estimate of drug-likeness (QED) is 0.909. The summed E-state index contributed by atoms with van der Waals surface area (Å²) in [6.07, 6.45) is 5.96. The van der Waals surface area contributed by atoms with Crippen molar-refractivity contribution in [2.24, 2.45) is 0 Å². The van der Waals surface area contributed by atoms with Crippen LogP contribution in [-0.2, 0) is 14.3 Å². The zero-order valence-electron chi connectivity index (χ0n) is 13.8. The van der Waals surface area contributed by atoms with Crippen LogP contribution in [0.3, 0.4) is 0 Å². The Kier molecular flexibility index (Phi) is 4.55. The van der Waals surface area contributed by atoms with Gasteiger partial charge in [0.25, 0.3) is 5.91 Å². The van der Waals surface area contributed by atoms with E-state index in [0.29, 0.717) is 18.9 Å². The highest BCUT2D eigenvalue weighted by Gasteiger charge is 2.44. The van der Waals surface area contributed by atoms with Crippen LogP contribution in [0.15, 0.2) is 36.1 Å². The third-order valence-electron chi connectivity index (χ3n) is 5.12. The lowest BCUT2D eigenvalue weighted by Crippen LogP contribution is -2.40. The molecule has 0 radical (unpaired) electrons. The number of amides is 1. The molecule has 1 spiro atoms. The van der Waals surface area contributed by atoms with Crippen molar-refractivity contribution in [3.05, 3.63) is 41.7 Å². The summed E-state index contributed by atoms with van der Waals surface area (Å²) in [7, 11) is 0. The third-order valence-corrected chi connectivity index (χ3v) is 6.20. The minimum Gasteiger partial charge on any atom is -0.486 e. The van der Waals surface area contributed by atoms with E-state index >= 15 is 0 Å². The first-order chi connectivity index (χ1) is 11.8. The van der Waals surface area contributed by atoms with Crippen LogP contribution in [-0.4, -0.2) is 36.5 Å². The van der Waals surface area contributed by atoms with Crippen LogP contribution in [0.5, 0.6) is 0 Å². The summed E-state index contributed by atoms with van der Waals surface area (Å²) in [6.45, 7) is 1.15. The fourth-order valence-electron chi connectivity index (χ4n) is 3.66. The Hall–Kier alpha value is -1.46. The second kappa shape index (κ2) is 6.81. The van der Waals surface area contributed by atoms with Crippen molar-refractivity contribution in [2.45, 2.75) is 43.8 Å². The van der Waals surface area contributed by atoms with Crippen LogP contribution in [0.25, 0.3) is 4.91 Å². The predicted molar refractivity (Wildman–Crippen MR) is 95.5 cm³/mol. The molecule has 1 aromatic rings. The minimum absolute atomic E-state index is 0.126. The highest BCUT2D eigenvalue weighted by Crippen LogP contribution is 2.45. The summed E-state index contributed by atoms with van der Waals surface area (Å²) < 4.78 is 11.9. The molecule has 1 aromatic carbocycles. The Morgan fingerprint density at radius 1 is 1.25 bits per heavy atom. The highest BCUT2D eigenvalue weighted by molar-refractivity contribution is 8.08. The lowest BCUT2D eigenvalue weighted by molar-refractivity contribution is -0.123. The molecule has 1 saturated heterocycles. The second-order valence-electron chi connectivity index (χ2n) is 6.75. The molecule has 1 N–H and O–H groups in total. The molecule has 3 aliphatic rings. The summed E-state index contributed by atoms with van der Waals surface area (Å²) in [5.41, 5.74) is 1.18. The van der Waals surface area contributed by atoms with Gasteiger partial charge in [-0.05, 0) is 37.7 Å². The van der Waals surface area contributed by atoms with Gasteiger partial charge in [0.15, 0.2) is 5.76 Å². The van der Waals surface area contributed by atoms with Gasteiger partial charge < -0.3 is 14.8 Å². The monoisotopic (exact) mass is 345 g/mol. The molecule has 1 unspecified atom stereocenters. The number of carbonyl (C=O) groups is 1. The summed E-state index contributed by atoms with van der Waals surface area (Å²) in [5, 5.41) is 3.02. The maximum Gasteiger partial charge on any atom is 0.287 e. The number of carbonyl (C=O) groups excluding carboxylic acids is 1. The van der Waals surface area contributed by atoms with Gasteiger partial charge in [0, 0.05) is 12.3 Å². The first kappa shape index (κ1) is 16.0. The first-order valence-corrected chi connectivity index (χ1v) is 9.76. The largest absolute Gasteiger partial charge is 0.486 e. The van der Waals surface area contributed by atoms with E-state index in [1.165, 1.54) is 19.3 Å². The zero-order valence-corrected chi connectivity index (χ0v) is 14.6. The number of hydrogen-bond acceptors (Lipinski definition) is 4. The van der Waals surface area contributed by atoms with Crippen LogP contribution in [0.2, 0.25) is 0 Å². The molecular formula is C19H23NO3S. The molecule has 1 aliphatic carbocycles. The van der Waals surface area contributed by atoms with Crippen LogP contribution in [0.4, 0.5) is 0 Å². The second-order valence-corrected chi connectivity index (χ2v) is 7.85. The summed E-state index contributed by atoms with van der Waals surface area (Å²) >= 11 is 1.69. The number of benzene rings is 1. The smallest absolute Gasteiger partial charge is 0.287 e. The summed E-state index contributed by atoms with van der Waals surface area (Å²) in [5.74, 6) is 1.20. The van der Waals surface area contributed by atoms with Gasteiger partial charge in [0.1, 0.15) is 0 Å². The van der Waals surface area contributed by atoms with E-state index in [1.807, 2.05) is 30.3 Å². The van der Waals surface area contributed by atoms with Crippen LogP contribution < -0.4 is 5.32 Å². The number of rotatable bonds is 4. The van der Waals surface area contributed by atoms with E-state index in [2.05, 4.69) is 5.32 Å². The Balaban J connectivity index is 1.41. The molecule has 4 nitrogen and oxygen atoms in total. The molecule has 2 heterocycles. The molecule has 1 amide bonds. The Morgan fingerprint density at radius 2 is 2.08 bits per heavy atom. The van der Waals surface area contributed by atoms with Crippen molar-refractivity contribution in [2.75, 3.05) is 18.9 Å². The lowest BCUT2D eigenvalue weighted by Gasteiger charge is -2.38. The van der Waals surface area contributed by atoms with Gasteiger partial charge in [-0.25, -0.2) is 0 Å². The number of nitrogens with one attached hydrogen (secondary N) is 1. The Morgan fingerprint density at radius 3 is 2.79 bits per heavy atom. The highest BCUT2D eigenvalue weighted by atomic mass is 32.2. The molecule has 1 saturated carbocycles. The SMILES string of the molecule is O=C(NCC1CCC2(CCC2)O1)C1=C(c2ccccc2)SCCO1. The molecule has 1 atom stereocenters. The van der Waals surface area contributed by atoms with E-state index in [1.54, 1.807) is 11.8 Å². The van der Waals surface area contributed by atoms with Crippen LogP contribution >= 0.6 is 11.8 Å². The van der Waals surface area contributed by atoms with Crippen LogP contribution in [0.1, 0.15) is 37.7 Å². The van der Waals surface area contributed by atoms with Crippen molar-refractivity contribution < 1.29 is 14.3 Å². The predicted octanol–water partition coefficient (Wildman–Crippen LogP) is 3.34. The van der Waals surface area contributed by atoms with Crippen LogP contribution in [0, 0.1) is 0 Å². The van der Waals surface area contributed by atoms with Crippen molar-refractivity contribution in [3.63, 3.8) is 0 Å². The third kappa shape index (κ3) is 3.20.